The van der Waals surface area contributed by atoms with Crippen molar-refractivity contribution in [3.63, 3.8) is 0 Å². The van der Waals surface area contributed by atoms with E-state index in [1.165, 1.54) is 0 Å². The molecule has 0 spiro atoms. The second kappa shape index (κ2) is 7.15. The molecular weight excluding hydrogens is 372 g/mol. The minimum absolute atomic E-state index is 0.0105. The molecule has 124 valence electrons. The number of aliphatic hydroxyl groups excluding tert-OH is 1. The normalized spacial score (nSPS) is 11.0. The Hall–Kier alpha value is -2.18. The highest BCUT2D eigenvalue weighted by Crippen LogP contribution is 2.31. The van der Waals surface area contributed by atoms with Crippen LogP contribution < -0.4 is 4.74 Å². The zero-order valence-corrected chi connectivity index (χ0v) is 14.9. The van der Waals surface area contributed by atoms with Gasteiger partial charge >= 0.3 is 0 Å². The van der Waals surface area contributed by atoms with Crippen LogP contribution in [-0.4, -0.2) is 21.4 Å². The van der Waals surface area contributed by atoms with Crippen molar-refractivity contribution in [2.24, 2.45) is 0 Å². The second-order valence-electron chi connectivity index (χ2n) is 5.59. The molecule has 1 aromatic heterocycles. The SMILES string of the molecule is CC(C)Oc1ccc(-c2nc(-c3ccc(CO)cc3)no2)cc1Br. The summed E-state index contributed by atoms with van der Waals surface area (Å²) in [6.45, 7) is 3.97. The minimum atomic E-state index is 0.0105. The maximum atomic E-state index is 9.09. The van der Waals surface area contributed by atoms with Crippen molar-refractivity contribution in [2.75, 3.05) is 0 Å². The molecule has 2 aromatic carbocycles. The van der Waals surface area contributed by atoms with Gasteiger partial charge in [-0.3, -0.25) is 0 Å². The highest BCUT2D eigenvalue weighted by atomic mass is 79.9. The zero-order valence-electron chi connectivity index (χ0n) is 13.4. The van der Waals surface area contributed by atoms with E-state index in [4.69, 9.17) is 14.4 Å². The van der Waals surface area contributed by atoms with Crippen LogP contribution in [0.4, 0.5) is 0 Å². The maximum absolute atomic E-state index is 9.09. The lowest BCUT2D eigenvalue weighted by Crippen LogP contribution is -2.05. The molecule has 1 N–H and O–H groups in total. The van der Waals surface area contributed by atoms with Crippen LogP contribution in [0.2, 0.25) is 0 Å². The number of aromatic nitrogens is 2. The summed E-state index contributed by atoms with van der Waals surface area (Å²) in [5.41, 5.74) is 2.48. The second-order valence-corrected chi connectivity index (χ2v) is 6.44. The van der Waals surface area contributed by atoms with Gasteiger partial charge in [0.25, 0.3) is 5.89 Å². The van der Waals surface area contributed by atoms with E-state index in [0.717, 1.165) is 26.9 Å². The van der Waals surface area contributed by atoms with Crippen LogP contribution in [0.1, 0.15) is 19.4 Å². The van der Waals surface area contributed by atoms with Crippen molar-refractivity contribution in [3.8, 4) is 28.6 Å². The number of hydrogen-bond donors (Lipinski definition) is 1. The van der Waals surface area contributed by atoms with E-state index in [1.807, 2.05) is 56.3 Å². The number of benzene rings is 2. The molecule has 0 saturated carbocycles. The number of hydrogen-bond acceptors (Lipinski definition) is 5. The van der Waals surface area contributed by atoms with Crippen molar-refractivity contribution in [2.45, 2.75) is 26.6 Å². The number of rotatable bonds is 5. The fraction of sp³-hybridized carbons (Fsp3) is 0.222. The molecule has 3 rings (SSSR count). The summed E-state index contributed by atoms with van der Waals surface area (Å²) >= 11 is 3.50. The van der Waals surface area contributed by atoms with Crippen LogP contribution in [-0.2, 0) is 6.61 Å². The monoisotopic (exact) mass is 388 g/mol. The van der Waals surface area contributed by atoms with Gasteiger partial charge in [-0.1, -0.05) is 29.4 Å². The molecular formula is C18H17BrN2O3. The van der Waals surface area contributed by atoms with E-state index >= 15 is 0 Å². The molecule has 3 aromatic rings. The summed E-state index contributed by atoms with van der Waals surface area (Å²) < 4.78 is 11.9. The molecule has 0 amide bonds. The van der Waals surface area contributed by atoms with Gasteiger partial charge in [0.05, 0.1) is 17.2 Å². The number of halogens is 1. The molecule has 0 aliphatic heterocycles. The topological polar surface area (TPSA) is 68.4 Å². The van der Waals surface area contributed by atoms with Gasteiger partial charge < -0.3 is 14.4 Å². The summed E-state index contributed by atoms with van der Waals surface area (Å²) in [7, 11) is 0. The van der Waals surface area contributed by atoms with Gasteiger partial charge in [-0.15, -0.1) is 0 Å². The fourth-order valence-electron chi connectivity index (χ4n) is 2.20. The smallest absolute Gasteiger partial charge is 0.258 e. The minimum Gasteiger partial charge on any atom is -0.490 e. The van der Waals surface area contributed by atoms with E-state index in [0.29, 0.717) is 11.7 Å². The van der Waals surface area contributed by atoms with Gasteiger partial charge in [0.1, 0.15) is 5.75 Å². The standard InChI is InChI=1S/C18H17BrN2O3/c1-11(2)23-16-8-7-14(9-15(16)19)18-20-17(21-24-18)13-5-3-12(10-22)4-6-13/h3-9,11,22H,10H2,1-2H3. The summed E-state index contributed by atoms with van der Waals surface area (Å²) in [6.07, 6.45) is 0.101. The zero-order chi connectivity index (χ0) is 17.1. The molecule has 0 fully saturated rings. The Morgan fingerprint density at radius 2 is 1.83 bits per heavy atom. The van der Waals surface area contributed by atoms with E-state index in [2.05, 4.69) is 26.1 Å². The molecule has 6 heteroatoms. The van der Waals surface area contributed by atoms with E-state index < -0.39 is 0 Å². The number of nitrogens with zero attached hydrogens (tertiary/aromatic N) is 2. The molecule has 0 aliphatic rings. The van der Waals surface area contributed by atoms with Gasteiger partial charge in [-0.2, -0.15) is 4.98 Å². The highest BCUT2D eigenvalue weighted by Gasteiger charge is 2.13. The molecule has 0 atom stereocenters. The molecule has 0 radical (unpaired) electrons. The Bertz CT molecular complexity index is 829. The Kier molecular flexibility index (Phi) is 4.97. The third-order valence-electron chi connectivity index (χ3n) is 3.36. The van der Waals surface area contributed by atoms with E-state index in [1.54, 1.807) is 0 Å². The lowest BCUT2D eigenvalue weighted by atomic mass is 10.1. The predicted molar refractivity (Wildman–Crippen MR) is 94.6 cm³/mol. The third kappa shape index (κ3) is 3.66. The molecule has 0 aliphatic carbocycles. The molecule has 24 heavy (non-hydrogen) atoms. The van der Waals surface area contributed by atoms with Gasteiger partial charge in [0.15, 0.2) is 0 Å². The van der Waals surface area contributed by atoms with E-state index in [-0.39, 0.29) is 12.7 Å². The summed E-state index contributed by atoms with van der Waals surface area (Å²) in [5, 5.41) is 13.1. The lowest BCUT2D eigenvalue weighted by molar-refractivity contribution is 0.241. The molecule has 5 nitrogen and oxygen atoms in total. The Balaban J connectivity index is 1.85. The van der Waals surface area contributed by atoms with Gasteiger partial charge in [0, 0.05) is 11.1 Å². The average molecular weight is 389 g/mol. The van der Waals surface area contributed by atoms with Crippen LogP contribution in [0, 0.1) is 0 Å². The summed E-state index contributed by atoms with van der Waals surface area (Å²) in [5.74, 6) is 1.72. The van der Waals surface area contributed by atoms with Crippen molar-refractivity contribution >= 4 is 15.9 Å². The first-order valence-electron chi connectivity index (χ1n) is 7.57. The van der Waals surface area contributed by atoms with Gasteiger partial charge in [0.2, 0.25) is 5.82 Å². The first-order chi connectivity index (χ1) is 11.6. The van der Waals surface area contributed by atoms with Crippen molar-refractivity contribution < 1.29 is 14.4 Å². The van der Waals surface area contributed by atoms with Crippen molar-refractivity contribution in [1.29, 1.82) is 0 Å². The van der Waals surface area contributed by atoms with Crippen LogP contribution in [0.3, 0.4) is 0 Å². The van der Waals surface area contributed by atoms with Crippen LogP contribution in [0.25, 0.3) is 22.8 Å². The summed E-state index contributed by atoms with van der Waals surface area (Å²) in [4.78, 5) is 4.44. The number of aliphatic hydroxyl groups is 1. The van der Waals surface area contributed by atoms with Crippen LogP contribution in [0.15, 0.2) is 51.5 Å². The molecule has 1 heterocycles. The average Bonchev–Trinajstić information content (AvgIpc) is 3.06. The Morgan fingerprint density at radius 1 is 1.12 bits per heavy atom. The Labute approximate surface area is 148 Å². The highest BCUT2D eigenvalue weighted by molar-refractivity contribution is 9.10. The molecule has 0 saturated heterocycles. The van der Waals surface area contributed by atoms with Crippen molar-refractivity contribution in [3.05, 3.63) is 52.5 Å². The third-order valence-corrected chi connectivity index (χ3v) is 3.98. The quantitative estimate of drug-likeness (QED) is 0.699. The van der Waals surface area contributed by atoms with E-state index in [9.17, 15) is 0 Å². The van der Waals surface area contributed by atoms with Gasteiger partial charge in [-0.05, 0) is 53.5 Å². The first kappa shape index (κ1) is 16.7. The van der Waals surface area contributed by atoms with Crippen molar-refractivity contribution in [1.82, 2.24) is 10.1 Å². The van der Waals surface area contributed by atoms with Crippen LogP contribution >= 0.6 is 15.9 Å². The largest absolute Gasteiger partial charge is 0.490 e. The summed E-state index contributed by atoms with van der Waals surface area (Å²) in [6, 6.07) is 13.0. The predicted octanol–water partition coefficient (Wildman–Crippen LogP) is 4.45. The van der Waals surface area contributed by atoms with Crippen LogP contribution in [0.5, 0.6) is 5.75 Å². The molecule has 0 bridgehead atoms. The molecule has 0 unspecified atom stereocenters. The fourth-order valence-corrected chi connectivity index (χ4v) is 2.67. The number of ether oxygens (including phenoxy) is 1. The van der Waals surface area contributed by atoms with Gasteiger partial charge in [-0.25, -0.2) is 0 Å². The Morgan fingerprint density at radius 3 is 2.46 bits per heavy atom. The lowest BCUT2D eigenvalue weighted by Gasteiger charge is -2.11. The maximum Gasteiger partial charge on any atom is 0.258 e. The first-order valence-corrected chi connectivity index (χ1v) is 8.36.